The molecule has 1 aromatic carbocycles. The van der Waals surface area contributed by atoms with Crippen LogP contribution >= 0.6 is 0 Å². The topological polar surface area (TPSA) is 15.8 Å². The van der Waals surface area contributed by atoms with Crippen molar-refractivity contribution in [3.05, 3.63) is 59.3 Å². The zero-order valence-corrected chi connectivity index (χ0v) is 10.3. The van der Waals surface area contributed by atoms with Crippen LogP contribution in [0.1, 0.15) is 30.4 Å². The molecule has 1 heteroatoms. The lowest BCUT2D eigenvalue weighted by atomic mass is 9.93. The van der Waals surface area contributed by atoms with E-state index in [0.29, 0.717) is 5.92 Å². The van der Waals surface area contributed by atoms with Gasteiger partial charge in [0.2, 0.25) is 0 Å². The molecule has 0 saturated heterocycles. The molecule has 2 aromatic rings. The first-order chi connectivity index (χ1) is 8.25. The number of aromatic amines is 1. The normalized spacial score (nSPS) is 16.5. The molecule has 1 atom stereocenters. The molecule has 0 bridgehead atoms. The second-order valence-corrected chi connectivity index (χ2v) is 4.86. The van der Waals surface area contributed by atoms with Gasteiger partial charge in [0.1, 0.15) is 0 Å². The molecule has 86 valence electrons. The molecular weight excluding hydrogens is 206 g/mol. The lowest BCUT2D eigenvalue weighted by molar-refractivity contribution is 0.932. The van der Waals surface area contributed by atoms with Crippen LogP contribution in [0.3, 0.4) is 0 Å². The number of H-pyrrole nitrogens is 1. The van der Waals surface area contributed by atoms with Gasteiger partial charge in [-0.3, -0.25) is 0 Å². The van der Waals surface area contributed by atoms with Gasteiger partial charge in [0, 0.05) is 23.0 Å². The highest BCUT2D eigenvalue weighted by Crippen LogP contribution is 2.33. The molecule has 1 nitrogen and oxygen atoms in total. The summed E-state index contributed by atoms with van der Waals surface area (Å²) < 4.78 is 0. The number of aryl methyl sites for hydroxylation is 1. The van der Waals surface area contributed by atoms with Crippen LogP contribution < -0.4 is 0 Å². The standard InChI is InChI=1S/C16H17N/c1-11-7-8-16-14(9-11)15(10-17-16)12(2)13-5-3-4-6-13/h3,5-10,12,17H,4H2,1-2H3. The van der Waals surface area contributed by atoms with Gasteiger partial charge in [0.15, 0.2) is 0 Å². The van der Waals surface area contributed by atoms with Crippen LogP contribution in [0.4, 0.5) is 0 Å². The Balaban J connectivity index is 2.10. The average Bonchev–Trinajstić information content (AvgIpc) is 2.97. The number of benzene rings is 1. The number of nitrogens with one attached hydrogen (secondary N) is 1. The third kappa shape index (κ3) is 1.72. The van der Waals surface area contributed by atoms with Crippen LogP contribution in [-0.2, 0) is 0 Å². The summed E-state index contributed by atoms with van der Waals surface area (Å²) in [6, 6.07) is 6.60. The van der Waals surface area contributed by atoms with Gasteiger partial charge in [-0.25, -0.2) is 0 Å². The van der Waals surface area contributed by atoms with E-state index in [0.717, 1.165) is 6.42 Å². The fourth-order valence-corrected chi connectivity index (χ4v) is 2.59. The highest BCUT2D eigenvalue weighted by atomic mass is 14.7. The van der Waals surface area contributed by atoms with Gasteiger partial charge in [-0.15, -0.1) is 0 Å². The van der Waals surface area contributed by atoms with Gasteiger partial charge in [0.25, 0.3) is 0 Å². The van der Waals surface area contributed by atoms with Crippen molar-refractivity contribution in [2.45, 2.75) is 26.2 Å². The first-order valence-electron chi connectivity index (χ1n) is 6.20. The van der Waals surface area contributed by atoms with Crippen molar-refractivity contribution in [3.8, 4) is 0 Å². The Morgan fingerprint density at radius 2 is 2.18 bits per heavy atom. The van der Waals surface area contributed by atoms with Gasteiger partial charge in [-0.2, -0.15) is 0 Å². The quantitative estimate of drug-likeness (QED) is 0.773. The maximum Gasteiger partial charge on any atom is 0.0457 e. The molecule has 1 aliphatic rings. The summed E-state index contributed by atoms with van der Waals surface area (Å²) in [5, 5.41) is 1.36. The average molecular weight is 223 g/mol. The smallest absolute Gasteiger partial charge is 0.0457 e. The molecule has 0 saturated carbocycles. The van der Waals surface area contributed by atoms with E-state index in [1.54, 1.807) is 0 Å². The van der Waals surface area contributed by atoms with Crippen LogP contribution in [0.5, 0.6) is 0 Å². The van der Waals surface area contributed by atoms with Gasteiger partial charge < -0.3 is 4.98 Å². The number of aromatic nitrogens is 1. The second-order valence-electron chi connectivity index (χ2n) is 4.86. The lowest BCUT2D eigenvalue weighted by Gasteiger charge is -2.10. The predicted octanol–water partition coefficient (Wildman–Crippen LogP) is 4.47. The van der Waals surface area contributed by atoms with Crippen LogP contribution in [0.2, 0.25) is 0 Å². The Morgan fingerprint density at radius 1 is 1.29 bits per heavy atom. The van der Waals surface area contributed by atoms with Crippen molar-refractivity contribution in [3.63, 3.8) is 0 Å². The number of rotatable bonds is 2. The highest BCUT2D eigenvalue weighted by molar-refractivity contribution is 5.85. The summed E-state index contributed by atoms with van der Waals surface area (Å²) in [5.41, 5.74) is 5.40. The minimum atomic E-state index is 0.476. The fourth-order valence-electron chi connectivity index (χ4n) is 2.59. The Morgan fingerprint density at radius 3 is 2.94 bits per heavy atom. The number of allylic oxidation sites excluding steroid dienone is 4. The van der Waals surface area contributed by atoms with Crippen molar-refractivity contribution in [2.75, 3.05) is 0 Å². The summed E-state index contributed by atoms with van der Waals surface area (Å²) >= 11 is 0. The molecule has 0 radical (unpaired) electrons. The molecule has 0 amide bonds. The van der Waals surface area contributed by atoms with E-state index in [-0.39, 0.29) is 0 Å². The number of hydrogen-bond acceptors (Lipinski definition) is 0. The van der Waals surface area contributed by atoms with E-state index in [1.165, 1.54) is 27.6 Å². The molecule has 3 rings (SSSR count). The Bertz CT molecular complexity index is 613. The second kappa shape index (κ2) is 3.92. The number of fused-ring (bicyclic) bond motifs is 1. The molecule has 1 unspecified atom stereocenters. The van der Waals surface area contributed by atoms with E-state index in [9.17, 15) is 0 Å². The van der Waals surface area contributed by atoms with Gasteiger partial charge in [-0.1, -0.05) is 36.8 Å². The summed E-state index contributed by atoms with van der Waals surface area (Å²) in [6.07, 6.45) is 10.0. The van der Waals surface area contributed by atoms with E-state index in [2.05, 4.69) is 61.5 Å². The predicted molar refractivity (Wildman–Crippen MR) is 73.3 cm³/mol. The van der Waals surface area contributed by atoms with Crippen molar-refractivity contribution in [1.82, 2.24) is 4.98 Å². The van der Waals surface area contributed by atoms with E-state index in [1.807, 2.05) is 0 Å². The highest BCUT2D eigenvalue weighted by Gasteiger charge is 2.15. The van der Waals surface area contributed by atoms with Crippen molar-refractivity contribution in [2.24, 2.45) is 0 Å². The Hall–Kier alpha value is -1.76. The van der Waals surface area contributed by atoms with E-state index >= 15 is 0 Å². The molecule has 1 N–H and O–H groups in total. The molecule has 17 heavy (non-hydrogen) atoms. The maximum absolute atomic E-state index is 3.37. The van der Waals surface area contributed by atoms with E-state index < -0.39 is 0 Å². The zero-order chi connectivity index (χ0) is 11.8. The van der Waals surface area contributed by atoms with Crippen LogP contribution in [0.15, 0.2) is 48.2 Å². The third-order valence-corrected chi connectivity index (χ3v) is 3.64. The maximum atomic E-state index is 3.37. The van der Waals surface area contributed by atoms with Gasteiger partial charge in [-0.05, 0) is 36.6 Å². The molecule has 0 spiro atoms. The minimum absolute atomic E-state index is 0.476. The van der Waals surface area contributed by atoms with Crippen LogP contribution in [-0.4, -0.2) is 4.98 Å². The zero-order valence-electron chi connectivity index (χ0n) is 10.3. The van der Waals surface area contributed by atoms with Crippen LogP contribution in [0, 0.1) is 6.92 Å². The van der Waals surface area contributed by atoms with Gasteiger partial charge >= 0.3 is 0 Å². The lowest BCUT2D eigenvalue weighted by Crippen LogP contribution is -1.93. The monoisotopic (exact) mass is 223 g/mol. The first-order valence-corrected chi connectivity index (χ1v) is 6.20. The van der Waals surface area contributed by atoms with Crippen molar-refractivity contribution in [1.29, 1.82) is 0 Å². The number of hydrogen-bond donors (Lipinski definition) is 1. The third-order valence-electron chi connectivity index (χ3n) is 3.64. The SMILES string of the molecule is Cc1ccc2[nH]cc(C(C)C3=CCC=C3)c2c1. The molecular formula is C16H17N. The molecule has 0 aliphatic heterocycles. The van der Waals surface area contributed by atoms with Crippen molar-refractivity contribution < 1.29 is 0 Å². The summed E-state index contributed by atoms with van der Waals surface area (Å²) in [7, 11) is 0. The molecule has 0 fully saturated rings. The van der Waals surface area contributed by atoms with Gasteiger partial charge in [0.05, 0.1) is 0 Å². The molecule has 1 heterocycles. The molecule has 1 aliphatic carbocycles. The first kappa shape index (κ1) is 10.4. The van der Waals surface area contributed by atoms with E-state index in [4.69, 9.17) is 0 Å². The van der Waals surface area contributed by atoms with Crippen LogP contribution in [0.25, 0.3) is 10.9 Å². The fraction of sp³-hybridized carbons (Fsp3) is 0.250. The minimum Gasteiger partial charge on any atom is -0.361 e. The summed E-state index contributed by atoms with van der Waals surface area (Å²) in [4.78, 5) is 3.37. The summed E-state index contributed by atoms with van der Waals surface area (Å²) in [5.74, 6) is 0.476. The molecule has 1 aromatic heterocycles. The largest absolute Gasteiger partial charge is 0.361 e. The van der Waals surface area contributed by atoms with Crippen molar-refractivity contribution >= 4 is 10.9 Å². The Kier molecular flexibility index (Phi) is 2.40. The Labute approximate surface area is 102 Å². The summed E-state index contributed by atoms with van der Waals surface area (Å²) in [6.45, 7) is 4.43.